The number of piperazine rings is 1. The molecule has 0 radical (unpaired) electrons. The van der Waals surface area contributed by atoms with Gasteiger partial charge in [0.1, 0.15) is 5.54 Å². The van der Waals surface area contributed by atoms with Crippen LogP contribution in [0.3, 0.4) is 0 Å². The van der Waals surface area contributed by atoms with Crippen molar-refractivity contribution in [1.29, 1.82) is 0 Å². The van der Waals surface area contributed by atoms with E-state index in [0.29, 0.717) is 0 Å². The van der Waals surface area contributed by atoms with Crippen LogP contribution in [0.15, 0.2) is 54.6 Å². The molecule has 0 N–H and O–H groups in total. The third-order valence-electron chi connectivity index (χ3n) is 6.43. The normalized spacial score (nSPS) is 24.1. The molecule has 0 aliphatic carbocycles. The molecule has 2 heterocycles. The van der Waals surface area contributed by atoms with Gasteiger partial charge in [0, 0.05) is 31.2 Å². The lowest BCUT2D eigenvalue weighted by molar-refractivity contribution is -0.178. The van der Waals surface area contributed by atoms with Crippen LogP contribution >= 0.6 is 11.6 Å². The molecule has 2 aromatic carbocycles. The van der Waals surface area contributed by atoms with Crippen molar-refractivity contribution < 1.29 is 4.79 Å². The molecule has 1 atom stereocenters. The maximum atomic E-state index is 14.1. The summed E-state index contributed by atoms with van der Waals surface area (Å²) in [4.78, 5) is 16.4. The number of hydrogen-bond donors (Lipinski definition) is 0. The summed E-state index contributed by atoms with van der Waals surface area (Å²) in [5.41, 5.74) is 1.63. The number of rotatable bonds is 5. The van der Waals surface area contributed by atoms with Crippen molar-refractivity contribution in [3.8, 4) is 0 Å². The topological polar surface area (TPSA) is 26.8 Å². The van der Waals surface area contributed by atoms with Gasteiger partial charge in [0.05, 0.1) is 6.54 Å². The molecular formula is C24H30ClN3O. The monoisotopic (exact) mass is 411 g/mol. The predicted octanol–water partition coefficient (Wildman–Crippen LogP) is 4.69. The third kappa shape index (κ3) is 3.94. The predicted molar refractivity (Wildman–Crippen MR) is 117 cm³/mol. The number of carbonyl (C=O) groups is 1. The highest BCUT2D eigenvalue weighted by Crippen LogP contribution is 2.39. The molecule has 0 saturated carbocycles. The Morgan fingerprint density at radius 3 is 2.24 bits per heavy atom. The van der Waals surface area contributed by atoms with Crippen molar-refractivity contribution in [2.45, 2.75) is 44.7 Å². The van der Waals surface area contributed by atoms with E-state index in [4.69, 9.17) is 11.6 Å². The van der Waals surface area contributed by atoms with E-state index in [-0.39, 0.29) is 5.91 Å². The van der Waals surface area contributed by atoms with Crippen molar-refractivity contribution in [2.75, 3.05) is 26.2 Å². The van der Waals surface area contributed by atoms with E-state index in [2.05, 4.69) is 41.1 Å². The highest BCUT2D eigenvalue weighted by Gasteiger charge is 2.50. The first-order chi connectivity index (χ1) is 14.1. The van der Waals surface area contributed by atoms with Crippen LogP contribution in [0, 0.1) is 0 Å². The van der Waals surface area contributed by atoms with E-state index >= 15 is 0 Å². The highest BCUT2D eigenvalue weighted by atomic mass is 35.5. The Balaban J connectivity index is 1.70. The number of nitrogens with zero attached hydrogens (tertiary/aromatic N) is 3. The summed E-state index contributed by atoms with van der Waals surface area (Å²) >= 11 is 6.08. The van der Waals surface area contributed by atoms with E-state index in [1.807, 2.05) is 35.3 Å². The van der Waals surface area contributed by atoms with Gasteiger partial charge in [-0.05, 0) is 42.5 Å². The molecule has 2 saturated heterocycles. The summed E-state index contributed by atoms with van der Waals surface area (Å²) in [5.74, 6) is 0.216. The van der Waals surface area contributed by atoms with Crippen molar-refractivity contribution in [1.82, 2.24) is 14.9 Å². The molecule has 154 valence electrons. The quantitative estimate of drug-likeness (QED) is 0.714. The summed E-state index contributed by atoms with van der Waals surface area (Å²) in [6.45, 7) is 6.45. The summed E-state index contributed by atoms with van der Waals surface area (Å²) in [6.07, 6.45) is 4.35. The number of hydrogen-bond acceptors (Lipinski definition) is 3. The minimum atomic E-state index is -0.642. The van der Waals surface area contributed by atoms with Gasteiger partial charge >= 0.3 is 0 Å². The number of hydrazine groups is 1. The second-order valence-electron chi connectivity index (χ2n) is 8.07. The Kier molecular flexibility index (Phi) is 6.23. The van der Waals surface area contributed by atoms with Crippen LogP contribution in [0.25, 0.3) is 0 Å². The molecule has 2 aliphatic rings. The van der Waals surface area contributed by atoms with E-state index in [1.54, 1.807) is 0 Å². The van der Waals surface area contributed by atoms with Gasteiger partial charge in [0.15, 0.2) is 0 Å². The van der Waals surface area contributed by atoms with Gasteiger partial charge in [-0.1, -0.05) is 67.4 Å². The minimum absolute atomic E-state index is 0.216. The van der Waals surface area contributed by atoms with Gasteiger partial charge in [0.2, 0.25) is 0 Å². The zero-order valence-corrected chi connectivity index (χ0v) is 17.9. The standard InChI is InChI=1S/C24H30ClN3O/c1-2-24(21-9-5-3-6-10-21)23(29)28(27-15-7-4-8-16-27)18-17-26(24)19-20-11-13-22(25)14-12-20/h3,5-6,9-14H,2,4,7-8,15-19H2,1H3. The number of halogens is 1. The highest BCUT2D eigenvalue weighted by molar-refractivity contribution is 6.30. The first kappa shape index (κ1) is 20.4. The summed E-state index contributed by atoms with van der Waals surface area (Å²) in [7, 11) is 0. The van der Waals surface area contributed by atoms with Crippen molar-refractivity contribution in [2.24, 2.45) is 0 Å². The third-order valence-corrected chi connectivity index (χ3v) is 6.69. The second-order valence-corrected chi connectivity index (χ2v) is 8.51. The molecule has 1 unspecified atom stereocenters. The molecule has 0 bridgehead atoms. The molecule has 5 heteroatoms. The first-order valence-electron chi connectivity index (χ1n) is 10.8. The fourth-order valence-corrected chi connectivity index (χ4v) is 4.99. The van der Waals surface area contributed by atoms with Crippen LogP contribution in [-0.4, -0.2) is 47.0 Å². The maximum Gasteiger partial charge on any atom is 0.262 e. The Labute approximate surface area is 179 Å². The van der Waals surface area contributed by atoms with E-state index in [9.17, 15) is 4.79 Å². The maximum absolute atomic E-state index is 14.1. The van der Waals surface area contributed by atoms with Crippen molar-refractivity contribution >= 4 is 17.5 Å². The number of benzene rings is 2. The van der Waals surface area contributed by atoms with E-state index in [0.717, 1.165) is 49.7 Å². The molecule has 2 aromatic rings. The summed E-state index contributed by atoms with van der Waals surface area (Å²) in [5, 5.41) is 5.08. The number of piperidine rings is 1. The molecule has 0 aromatic heterocycles. The minimum Gasteiger partial charge on any atom is -0.280 e. The Morgan fingerprint density at radius 2 is 1.59 bits per heavy atom. The first-order valence-corrected chi connectivity index (χ1v) is 11.1. The Morgan fingerprint density at radius 1 is 0.897 bits per heavy atom. The lowest BCUT2D eigenvalue weighted by Gasteiger charge is -2.52. The zero-order chi connectivity index (χ0) is 20.3. The molecule has 2 fully saturated rings. The second kappa shape index (κ2) is 8.86. The smallest absolute Gasteiger partial charge is 0.262 e. The van der Waals surface area contributed by atoms with E-state index in [1.165, 1.54) is 24.8 Å². The van der Waals surface area contributed by atoms with Crippen LogP contribution < -0.4 is 0 Å². The molecule has 2 aliphatic heterocycles. The molecular weight excluding hydrogens is 382 g/mol. The van der Waals surface area contributed by atoms with Crippen LogP contribution in [0.2, 0.25) is 5.02 Å². The average Bonchev–Trinajstić information content (AvgIpc) is 2.77. The van der Waals surface area contributed by atoms with E-state index < -0.39 is 5.54 Å². The summed E-state index contributed by atoms with van der Waals surface area (Å²) < 4.78 is 0. The molecule has 1 amide bonds. The van der Waals surface area contributed by atoms with Crippen LogP contribution in [0.4, 0.5) is 0 Å². The van der Waals surface area contributed by atoms with Crippen LogP contribution in [-0.2, 0) is 16.9 Å². The zero-order valence-electron chi connectivity index (χ0n) is 17.2. The Bertz CT molecular complexity index is 820. The lowest BCUT2D eigenvalue weighted by atomic mass is 9.82. The summed E-state index contributed by atoms with van der Waals surface area (Å²) in [6, 6.07) is 18.3. The number of carbonyl (C=O) groups excluding carboxylic acids is 1. The fourth-order valence-electron chi connectivity index (χ4n) is 4.87. The van der Waals surface area contributed by atoms with Crippen molar-refractivity contribution in [3.05, 3.63) is 70.7 Å². The molecule has 29 heavy (non-hydrogen) atoms. The van der Waals surface area contributed by atoms with Gasteiger partial charge < -0.3 is 0 Å². The lowest BCUT2D eigenvalue weighted by Crippen LogP contribution is -2.67. The molecule has 4 rings (SSSR count). The van der Waals surface area contributed by atoms with Crippen LogP contribution in [0.1, 0.15) is 43.7 Å². The molecule has 0 spiro atoms. The van der Waals surface area contributed by atoms with Gasteiger partial charge in [0.25, 0.3) is 5.91 Å². The SMILES string of the molecule is CCC1(c2ccccc2)C(=O)N(N2CCCCC2)CCN1Cc1ccc(Cl)cc1. The molecule has 4 nitrogen and oxygen atoms in total. The average molecular weight is 412 g/mol. The van der Waals surface area contributed by atoms with Gasteiger partial charge in [-0.2, -0.15) is 0 Å². The number of amides is 1. The van der Waals surface area contributed by atoms with Gasteiger partial charge in [-0.3, -0.25) is 14.7 Å². The van der Waals surface area contributed by atoms with Gasteiger partial charge in [-0.25, -0.2) is 5.01 Å². The van der Waals surface area contributed by atoms with Crippen molar-refractivity contribution in [3.63, 3.8) is 0 Å². The van der Waals surface area contributed by atoms with Crippen LogP contribution in [0.5, 0.6) is 0 Å². The Hall–Kier alpha value is -1.88. The largest absolute Gasteiger partial charge is 0.280 e. The van der Waals surface area contributed by atoms with Gasteiger partial charge in [-0.15, -0.1) is 0 Å². The fraction of sp³-hybridized carbons (Fsp3) is 0.458.